The number of aromatic carboxylic acids is 1. The van der Waals surface area contributed by atoms with Crippen molar-refractivity contribution in [2.24, 2.45) is 5.92 Å². The zero-order chi connectivity index (χ0) is 13.0. The van der Waals surface area contributed by atoms with Crippen LogP contribution in [-0.2, 0) is 0 Å². The Morgan fingerprint density at radius 2 is 2.28 bits per heavy atom. The lowest BCUT2D eigenvalue weighted by molar-refractivity contribution is 0.0697. The Labute approximate surface area is 108 Å². The van der Waals surface area contributed by atoms with Crippen LogP contribution < -0.4 is 5.32 Å². The highest BCUT2D eigenvalue weighted by atomic mass is 16.4. The number of carboxylic acids is 1. The maximum absolute atomic E-state index is 10.9. The molecule has 0 heterocycles. The van der Waals surface area contributed by atoms with Crippen LogP contribution in [-0.4, -0.2) is 17.1 Å². The first-order valence-electron chi connectivity index (χ1n) is 6.79. The third-order valence-electron chi connectivity index (χ3n) is 3.84. The maximum Gasteiger partial charge on any atom is 0.335 e. The molecule has 0 spiro atoms. The smallest absolute Gasteiger partial charge is 0.335 e. The molecule has 1 aromatic carbocycles. The van der Waals surface area contributed by atoms with Gasteiger partial charge in [0.2, 0.25) is 0 Å². The second-order valence-electron chi connectivity index (χ2n) is 5.17. The van der Waals surface area contributed by atoms with Crippen molar-refractivity contribution in [3.8, 4) is 0 Å². The number of hydrogen-bond donors (Lipinski definition) is 2. The van der Waals surface area contributed by atoms with Gasteiger partial charge in [-0.2, -0.15) is 0 Å². The van der Waals surface area contributed by atoms with Crippen LogP contribution in [0.1, 0.15) is 49.4 Å². The number of rotatable bonds is 4. The number of carbonyl (C=O) groups is 1. The third kappa shape index (κ3) is 3.25. The largest absolute Gasteiger partial charge is 0.478 e. The Balaban J connectivity index is 2.00. The first kappa shape index (κ1) is 12.9. The van der Waals surface area contributed by atoms with Gasteiger partial charge in [0.1, 0.15) is 0 Å². The minimum atomic E-state index is -0.867. The lowest BCUT2D eigenvalue weighted by Crippen LogP contribution is -2.27. The van der Waals surface area contributed by atoms with E-state index in [9.17, 15) is 4.79 Å². The summed E-state index contributed by atoms with van der Waals surface area (Å²) < 4.78 is 0. The van der Waals surface area contributed by atoms with Crippen molar-refractivity contribution in [1.82, 2.24) is 0 Å². The summed E-state index contributed by atoms with van der Waals surface area (Å²) in [6, 6.07) is 7.59. The van der Waals surface area contributed by atoms with Gasteiger partial charge >= 0.3 is 5.97 Å². The summed E-state index contributed by atoms with van der Waals surface area (Å²) in [6.07, 6.45) is 6.24. The van der Waals surface area contributed by atoms with Crippen LogP contribution in [0.15, 0.2) is 24.3 Å². The predicted octanol–water partition coefficient (Wildman–Crippen LogP) is 3.77. The van der Waals surface area contributed by atoms with Crippen molar-refractivity contribution in [2.75, 3.05) is 5.32 Å². The quantitative estimate of drug-likeness (QED) is 0.851. The van der Waals surface area contributed by atoms with Gasteiger partial charge in [0, 0.05) is 11.7 Å². The van der Waals surface area contributed by atoms with E-state index >= 15 is 0 Å². The molecule has 0 aromatic heterocycles. The summed E-state index contributed by atoms with van der Waals surface area (Å²) in [5.74, 6) is -0.0485. The molecule has 0 amide bonds. The molecule has 0 saturated heterocycles. The number of hydrogen-bond acceptors (Lipinski definition) is 2. The molecule has 1 aliphatic carbocycles. The van der Waals surface area contributed by atoms with Crippen molar-refractivity contribution < 1.29 is 9.90 Å². The second kappa shape index (κ2) is 5.89. The van der Waals surface area contributed by atoms with E-state index in [-0.39, 0.29) is 0 Å². The Morgan fingerprint density at radius 1 is 1.44 bits per heavy atom. The lowest BCUT2D eigenvalue weighted by atomic mass is 9.84. The molecule has 3 heteroatoms. The second-order valence-corrected chi connectivity index (χ2v) is 5.17. The number of nitrogens with one attached hydrogen (secondary N) is 1. The van der Waals surface area contributed by atoms with Crippen molar-refractivity contribution in [2.45, 2.75) is 45.1 Å². The van der Waals surface area contributed by atoms with Gasteiger partial charge in [0.05, 0.1) is 5.56 Å². The number of benzene rings is 1. The van der Waals surface area contributed by atoms with Gasteiger partial charge in [0.25, 0.3) is 0 Å². The highest BCUT2D eigenvalue weighted by Gasteiger charge is 2.20. The summed E-state index contributed by atoms with van der Waals surface area (Å²) >= 11 is 0. The molecule has 2 unspecified atom stereocenters. The van der Waals surface area contributed by atoms with Crippen molar-refractivity contribution in [3.05, 3.63) is 29.8 Å². The minimum absolute atomic E-state index is 0.350. The van der Waals surface area contributed by atoms with E-state index in [1.54, 1.807) is 18.2 Å². The van der Waals surface area contributed by atoms with Gasteiger partial charge in [-0.15, -0.1) is 0 Å². The fraction of sp³-hybridized carbons (Fsp3) is 0.533. The summed E-state index contributed by atoms with van der Waals surface area (Å²) in [4.78, 5) is 10.9. The minimum Gasteiger partial charge on any atom is -0.478 e. The molecule has 1 aliphatic rings. The monoisotopic (exact) mass is 247 g/mol. The van der Waals surface area contributed by atoms with Crippen LogP contribution in [0.5, 0.6) is 0 Å². The maximum atomic E-state index is 10.9. The molecular weight excluding hydrogens is 226 g/mol. The van der Waals surface area contributed by atoms with Gasteiger partial charge in [-0.25, -0.2) is 4.79 Å². The molecule has 0 aliphatic heterocycles. The summed E-state index contributed by atoms with van der Waals surface area (Å²) in [7, 11) is 0. The third-order valence-corrected chi connectivity index (χ3v) is 3.84. The molecule has 1 saturated carbocycles. The Morgan fingerprint density at radius 3 is 3.00 bits per heavy atom. The van der Waals surface area contributed by atoms with E-state index in [0.717, 1.165) is 11.6 Å². The highest BCUT2D eigenvalue weighted by Crippen LogP contribution is 2.28. The molecule has 0 bridgehead atoms. The van der Waals surface area contributed by atoms with Crippen LogP contribution >= 0.6 is 0 Å². The molecule has 1 aromatic rings. The van der Waals surface area contributed by atoms with E-state index in [1.807, 2.05) is 6.07 Å². The van der Waals surface area contributed by atoms with Crippen LogP contribution in [0.25, 0.3) is 0 Å². The van der Waals surface area contributed by atoms with Gasteiger partial charge in [0.15, 0.2) is 0 Å². The molecule has 1 fully saturated rings. The van der Waals surface area contributed by atoms with Crippen molar-refractivity contribution in [3.63, 3.8) is 0 Å². The van der Waals surface area contributed by atoms with Gasteiger partial charge in [-0.05, 0) is 37.0 Å². The molecule has 0 radical (unpaired) electrons. The zero-order valence-corrected chi connectivity index (χ0v) is 10.9. The number of anilines is 1. The van der Waals surface area contributed by atoms with Crippen molar-refractivity contribution in [1.29, 1.82) is 0 Å². The van der Waals surface area contributed by atoms with Crippen LogP contribution in [0.3, 0.4) is 0 Å². The molecule has 2 N–H and O–H groups in total. The molecular formula is C15H21NO2. The van der Waals surface area contributed by atoms with E-state index < -0.39 is 5.97 Å². The summed E-state index contributed by atoms with van der Waals surface area (Å²) in [6.45, 7) is 2.25. The molecule has 3 nitrogen and oxygen atoms in total. The van der Waals surface area contributed by atoms with Crippen molar-refractivity contribution >= 4 is 11.7 Å². The van der Waals surface area contributed by atoms with Gasteiger partial charge in [-0.1, -0.05) is 32.3 Å². The summed E-state index contributed by atoms with van der Waals surface area (Å²) in [5, 5.41) is 12.4. The average molecular weight is 247 g/mol. The van der Waals surface area contributed by atoms with Gasteiger partial charge < -0.3 is 10.4 Å². The Bertz CT molecular complexity index is 417. The standard InChI is InChI=1S/C15H21NO2/c1-2-11-5-3-7-13(9-11)16-14-8-4-6-12(10-14)15(17)18/h4,6,8,10-11,13,16H,2-3,5,7,9H2,1H3,(H,17,18). The predicted molar refractivity (Wildman–Crippen MR) is 73.1 cm³/mol. The fourth-order valence-electron chi connectivity index (χ4n) is 2.77. The average Bonchev–Trinajstić information content (AvgIpc) is 2.39. The van der Waals surface area contributed by atoms with E-state index in [1.165, 1.54) is 32.1 Å². The SMILES string of the molecule is CCC1CCCC(Nc2cccc(C(=O)O)c2)C1. The molecule has 2 rings (SSSR count). The molecule has 18 heavy (non-hydrogen) atoms. The van der Waals surface area contributed by atoms with E-state index in [0.29, 0.717) is 11.6 Å². The highest BCUT2D eigenvalue weighted by molar-refractivity contribution is 5.88. The van der Waals surface area contributed by atoms with E-state index in [4.69, 9.17) is 5.11 Å². The van der Waals surface area contributed by atoms with E-state index in [2.05, 4.69) is 12.2 Å². The fourth-order valence-corrected chi connectivity index (χ4v) is 2.77. The summed E-state index contributed by atoms with van der Waals surface area (Å²) in [5.41, 5.74) is 1.28. The van der Waals surface area contributed by atoms with Crippen LogP contribution in [0, 0.1) is 5.92 Å². The normalized spacial score (nSPS) is 23.6. The Hall–Kier alpha value is -1.51. The van der Waals surface area contributed by atoms with Gasteiger partial charge in [-0.3, -0.25) is 0 Å². The Kier molecular flexibility index (Phi) is 4.24. The van der Waals surface area contributed by atoms with Crippen LogP contribution in [0.2, 0.25) is 0 Å². The molecule has 2 atom stereocenters. The van der Waals surface area contributed by atoms with Crippen LogP contribution in [0.4, 0.5) is 5.69 Å². The lowest BCUT2D eigenvalue weighted by Gasteiger charge is -2.29. The topological polar surface area (TPSA) is 49.3 Å². The number of carboxylic acid groups (broad SMARTS) is 1. The zero-order valence-electron chi connectivity index (χ0n) is 10.9. The first-order valence-corrected chi connectivity index (χ1v) is 6.79. The molecule has 98 valence electrons. The first-order chi connectivity index (χ1) is 8.69.